The van der Waals surface area contributed by atoms with Gasteiger partial charge in [0.25, 0.3) is 0 Å². The lowest BCUT2D eigenvalue weighted by Crippen LogP contribution is -2.43. The van der Waals surface area contributed by atoms with Gasteiger partial charge in [-0.1, -0.05) is 0 Å². The topological polar surface area (TPSA) is 38.0 Å². The van der Waals surface area contributed by atoms with Gasteiger partial charge in [-0.15, -0.1) is 0 Å². The second kappa shape index (κ2) is 1.96. The number of fused-ring (bicyclic) bond motifs is 2. The average molecular weight is 126 g/mol. The lowest BCUT2D eigenvalue weighted by atomic mass is 10.0. The van der Waals surface area contributed by atoms with Crippen LogP contribution in [0.1, 0.15) is 25.7 Å². The molecule has 0 aromatic rings. The van der Waals surface area contributed by atoms with Crippen molar-refractivity contribution in [1.82, 2.24) is 5.32 Å². The van der Waals surface area contributed by atoms with Gasteiger partial charge in [-0.05, 0) is 25.7 Å². The number of rotatable bonds is 0. The van der Waals surface area contributed by atoms with Crippen LogP contribution in [0.15, 0.2) is 0 Å². The molecule has 52 valence electrons. The van der Waals surface area contributed by atoms with Crippen LogP contribution in [0.4, 0.5) is 0 Å². The summed E-state index contributed by atoms with van der Waals surface area (Å²) in [5.74, 6) is 0. The molecule has 0 saturated carbocycles. The van der Waals surface area contributed by atoms with E-state index in [4.69, 9.17) is 5.73 Å². The molecule has 0 aliphatic carbocycles. The summed E-state index contributed by atoms with van der Waals surface area (Å²) in [7, 11) is 0. The third-order valence-electron chi connectivity index (χ3n) is 2.51. The maximum atomic E-state index is 5.82. The van der Waals surface area contributed by atoms with E-state index in [-0.39, 0.29) is 0 Å². The van der Waals surface area contributed by atoms with E-state index in [9.17, 15) is 0 Å². The highest BCUT2D eigenvalue weighted by molar-refractivity contribution is 4.93. The molecule has 0 spiro atoms. The first-order valence-corrected chi connectivity index (χ1v) is 3.86. The largest absolute Gasteiger partial charge is 0.328 e. The van der Waals surface area contributed by atoms with Crippen molar-refractivity contribution < 1.29 is 0 Å². The molecule has 2 heterocycles. The molecular weight excluding hydrogens is 112 g/mol. The van der Waals surface area contributed by atoms with E-state index in [1.165, 1.54) is 25.7 Å². The zero-order valence-corrected chi connectivity index (χ0v) is 5.64. The fourth-order valence-corrected chi connectivity index (χ4v) is 2.10. The van der Waals surface area contributed by atoms with E-state index in [0.29, 0.717) is 6.04 Å². The molecule has 3 N–H and O–H groups in total. The van der Waals surface area contributed by atoms with Crippen molar-refractivity contribution in [2.24, 2.45) is 5.73 Å². The number of hydrogen-bond donors (Lipinski definition) is 2. The molecule has 0 radical (unpaired) electrons. The van der Waals surface area contributed by atoms with Crippen LogP contribution in [-0.4, -0.2) is 18.1 Å². The highest BCUT2D eigenvalue weighted by Crippen LogP contribution is 2.25. The van der Waals surface area contributed by atoms with Crippen LogP contribution >= 0.6 is 0 Å². The van der Waals surface area contributed by atoms with E-state index in [1.807, 2.05) is 0 Å². The van der Waals surface area contributed by atoms with Crippen LogP contribution in [0.25, 0.3) is 0 Å². The third kappa shape index (κ3) is 0.970. The van der Waals surface area contributed by atoms with Crippen molar-refractivity contribution in [2.75, 3.05) is 0 Å². The lowest BCUT2D eigenvalue weighted by Gasteiger charge is -2.25. The predicted molar refractivity (Wildman–Crippen MR) is 37.2 cm³/mol. The maximum absolute atomic E-state index is 5.82. The Morgan fingerprint density at radius 2 is 1.67 bits per heavy atom. The number of nitrogens with one attached hydrogen (secondary N) is 1. The van der Waals surface area contributed by atoms with Crippen molar-refractivity contribution in [1.29, 1.82) is 0 Å². The second-order valence-corrected chi connectivity index (χ2v) is 3.37. The van der Waals surface area contributed by atoms with Gasteiger partial charge in [0, 0.05) is 18.1 Å². The first-order chi connectivity index (χ1) is 4.34. The lowest BCUT2D eigenvalue weighted by molar-refractivity contribution is 0.363. The molecule has 2 aliphatic rings. The van der Waals surface area contributed by atoms with Gasteiger partial charge in [-0.3, -0.25) is 0 Å². The molecule has 2 saturated heterocycles. The minimum atomic E-state index is 0.490. The minimum Gasteiger partial charge on any atom is -0.328 e. The number of nitrogens with two attached hydrogens (primary N) is 1. The summed E-state index contributed by atoms with van der Waals surface area (Å²) >= 11 is 0. The van der Waals surface area contributed by atoms with Crippen molar-refractivity contribution in [2.45, 2.75) is 43.8 Å². The Morgan fingerprint density at radius 1 is 1.11 bits per heavy atom. The van der Waals surface area contributed by atoms with E-state index in [0.717, 1.165) is 12.1 Å². The SMILES string of the molecule is NC1C[C@H]2CC[C@H](C1)N2. The number of hydrogen-bond acceptors (Lipinski definition) is 2. The molecule has 2 nitrogen and oxygen atoms in total. The van der Waals surface area contributed by atoms with Crippen LogP contribution in [0.3, 0.4) is 0 Å². The highest BCUT2D eigenvalue weighted by atomic mass is 15.0. The van der Waals surface area contributed by atoms with Crippen LogP contribution in [-0.2, 0) is 0 Å². The van der Waals surface area contributed by atoms with Gasteiger partial charge in [0.2, 0.25) is 0 Å². The van der Waals surface area contributed by atoms with Crippen molar-refractivity contribution in [3.05, 3.63) is 0 Å². The molecule has 0 aromatic carbocycles. The van der Waals surface area contributed by atoms with Crippen molar-refractivity contribution in [3.63, 3.8) is 0 Å². The molecule has 2 aliphatic heterocycles. The smallest absolute Gasteiger partial charge is 0.00849 e. The first-order valence-electron chi connectivity index (χ1n) is 3.86. The zero-order valence-electron chi connectivity index (χ0n) is 5.64. The number of piperidine rings is 1. The maximum Gasteiger partial charge on any atom is 0.00849 e. The summed E-state index contributed by atoms with van der Waals surface area (Å²) in [6.07, 6.45) is 5.13. The molecule has 2 bridgehead atoms. The normalized spacial score (nSPS) is 49.7. The summed E-state index contributed by atoms with van der Waals surface area (Å²) in [4.78, 5) is 0. The molecular formula is C7H14N2. The molecule has 2 fully saturated rings. The fraction of sp³-hybridized carbons (Fsp3) is 1.00. The third-order valence-corrected chi connectivity index (χ3v) is 2.51. The Labute approximate surface area is 55.8 Å². The van der Waals surface area contributed by atoms with Crippen LogP contribution < -0.4 is 11.1 Å². The highest BCUT2D eigenvalue weighted by Gasteiger charge is 2.31. The molecule has 9 heavy (non-hydrogen) atoms. The Bertz CT molecular complexity index is 101. The molecule has 2 heteroatoms. The van der Waals surface area contributed by atoms with Gasteiger partial charge in [-0.2, -0.15) is 0 Å². The Balaban J connectivity index is 2.03. The molecule has 2 rings (SSSR count). The summed E-state index contributed by atoms with van der Waals surface area (Å²) in [5.41, 5.74) is 5.82. The quantitative estimate of drug-likeness (QED) is 0.487. The Kier molecular flexibility index (Phi) is 1.24. The Morgan fingerprint density at radius 3 is 2.22 bits per heavy atom. The molecule has 0 amide bonds. The average Bonchev–Trinajstić information content (AvgIpc) is 2.11. The summed E-state index contributed by atoms with van der Waals surface area (Å²) in [5, 5.41) is 3.54. The van der Waals surface area contributed by atoms with Crippen LogP contribution in [0.5, 0.6) is 0 Å². The van der Waals surface area contributed by atoms with E-state index < -0.39 is 0 Å². The van der Waals surface area contributed by atoms with E-state index in [1.54, 1.807) is 0 Å². The van der Waals surface area contributed by atoms with Gasteiger partial charge in [-0.25, -0.2) is 0 Å². The summed E-state index contributed by atoms with van der Waals surface area (Å²) in [6.45, 7) is 0. The van der Waals surface area contributed by atoms with Crippen LogP contribution in [0, 0.1) is 0 Å². The van der Waals surface area contributed by atoms with Gasteiger partial charge in [0.15, 0.2) is 0 Å². The standard InChI is InChI=1S/C7H14N2/c8-5-3-6-1-2-7(4-5)9-6/h5-7,9H,1-4,8H2/t6-,7-/m1/s1. The zero-order chi connectivity index (χ0) is 6.27. The fourth-order valence-electron chi connectivity index (χ4n) is 2.10. The monoisotopic (exact) mass is 126 g/mol. The van der Waals surface area contributed by atoms with E-state index in [2.05, 4.69) is 5.32 Å². The molecule has 2 atom stereocenters. The summed E-state index contributed by atoms with van der Waals surface area (Å²) in [6, 6.07) is 2.02. The second-order valence-electron chi connectivity index (χ2n) is 3.37. The van der Waals surface area contributed by atoms with E-state index >= 15 is 0 Å². The van der Waals surface area contributed by atoms with Gasteiger partial charge >= 0.3 is 0 Å². The first kappa shape index (κ1) is 5.69. The molecule has 0 unspecified atom stereocenters. The predicted octanol–water partition coefficient (Wildman–Crippen LogP) is 0.228. The van der Waals surface area contributed by atoms with Crippen molar-refractivity contribution >= 4 is 0 Å². The Hall–Kier alpha value is -0.0800. The van der Waals surface area contributed by atoms with Crippen LogP contribution in [0.2, 0.25) is 0 Å². The van der Waals surface area contributed by atoms with Gasteiger partial charge in [0.05, 0.1) is 0 Å². The van der Waals surface area contributed by atoms with Gasteiger partial charge < -0.3 is 11.1 Å². The molecule has 0 aromatic heterocycles. The minimum absolute atomic E-state index is 0.490. The van der Waals surface area contributed by atoms with Gasteiger partial charge in [0.1, 0.15) is 0 Å². The summed E-state index contributed by atoms with van der Waals surface area (Å²) < 4.78 is 0. The van der Waals surface area contributed by atoms with Crippen molar-refractivity contribution in [3.8, 4) is 0 Å².